The number of hydrogen-bond acceptors (Lipinski definition) is 3. The second kappa shape index (κ2) is 6.00. The van der Waals surface area contributed by atoms with Crippen molar-refractivity contribution >= 4 is 5.97 Å². The molecule has 0 amide bonds. The zero-order valence-electron chi connectivity index (χ0n) is 8.29. The summed E-state index contributed by atoms with van der Waals surface area (Å²) in [5.74, 6) is 0.280. The topological polar surface area (TPSA) is 35.5 Å². The third kappa shape index (κ3) is 6.16. The number of esters is 1. The summed E-state index contributed by atoms with van der Waals surface area (Å²) in [5.41, 5.74) is 0. The largest absolute Gasteiger partial charge is 0.460 e. The van der Waals surface area contributed by atoms with Crippen LogP contribution >= 0.6 is 0 Å². The van der Waals surface area contributed by atoms with Gasteiger partial charge in [0.1, 0.15) is 6.10 Å². The molecule has 0 bridgehead atoms. The lowest BCUT2D eigenvalue weighted by Gasteiger charge is -2.17. The van der Waals surface area contributed by atoms with Crippen LogP contribution in [0.5, 0.6) is 0 Å². The second-order valence-electron chi connectivity index (χ2n) is 3.32. The first-order valence-electron chi connectivity index (χ1n) is 4.22. The number of methoxy groups -OCH3 is 1. The predicted molar refractivity (Wildman–Crippen MR) is 46.9 cm³/mol. The molecule has 3 heteroatoms. The molecule has 0 aliphatic rings. The van der Waals surface area contributed by atoms with E-state index in [-0.39, 0.29) is 12.1 Å². The van der Waals surface area contributed by atoms with E-state index in [4.69, 9.17) is 9.47 Å². The molecular formula is C9H18O3. The van der Waals surface area contributed by atoms with Crippen LogP contribution in [0.15, 0.2) is 0 Å². The van der Waals surface area contributed by atoms with E-state index in [1.54, 1.807) is 7.11 Å². The van der Waals surface area contributed by atoms with Crippen LogP contribution in [0.25, 0.3) is 0 Å². The SMILES string of the molecule is COCC(CC(C)C)OC(C)=O. The normalized spacial score (nSPS) is 13.1. The Morgan fingerprint density at radius 1 is 1.42 bits per heavy atom. The molecule has 3 nitrogen and oxygen atoms in total. The number of ether oxygens (including phenoxy) is 2. The van der Waals surface area contributed by atoms with Crippen molar-refractivity contribution < 1.29 is 14.3 Å². The summed E-state index contributed by atoms with van der Waals surface area (Å²) in [7, 11) is 1.61. The van der Waals surface area contributed by atoms with Crippen molar-refractivity contribution in [1.29, 1.82) is 0 Å². The first kappa shape index (κ1) is 11.4. The molecule has 0 spiro atoms. The molecule has 1 atom stereocenters. The van der Waals surface area contributed by atoms with Crippen molar-refractivity contribution in [1.82, 2.24) is 0 Å². The molecule has 0 aliphatic heterocycles. The second-order valence-corrected chi connectivity index (χ2v) is 3.32. The van der Waals surface area contributed by atoms with Crippen LogP contribution in [0.3, 0.4) is 0 Å². The Morgan fingerprint density at radius 3 is 2.33 bits per heavy atom. The van der Waals surface area contributed by atoms with Gasteiger partial charge in [0.05, 0.1) is 6.61 Å². The van der Waals surface area contributed by atoms with Crippen LogP contribution in [-0.2, 0) is 14.3 Å². The molecule has 1 unspecified atom stereocenters. The minimum absolute atomic E-state index is 0.0903. The fraction of sp³-hybridized carbons (Fsp3) is 0.889. The summed E-state index contributed by atoms with van der Waals surface area (Å²) < 4.78 is 9.97. The van der Waals surface area contributed by atoms with Crippen LogP contribution in [0, 0.1) is 5.92 Å². The number of carbonyl (C=O) groups is 1. The molecule has 0 aromatic rings. The highest BCUT2D eigenvalue weighted by atomic mass is 16.6. The van der Waals surface area contributed by atoms with Gasteiger partial charge in [-0.15, -0.1) is 0 Å². The molecule has 0 N–H and O–H groups in total. The van der Waals surface area contributed by atoms with E-state index >= 15 is 0 Å². The molecule has 0 aromatic heterocycles. The fourth-order valence-electron chi connectivity index (χ4n) is 1.10. The molecule has 0 heterocycles. The van der Waals surface area contributed by atoms with Gasteiger partial charge in [-0.3, -0.25) is 4.79 Å². The van der Waals surface area contributed by atoms with E-state index in [0.717, 1.165) is 6.42 Å². The zero-order chi connectivity index (χ0) is 9.56. The van der Waals surface area contributed by atoms with Crippen molar-refractivity contribution in [2.45, 2.75) is 33.3 Å². The van der Waals surface area contributed by atoms with Gasteiger partial charge in [-0.2, -0.15) is 0 Å². The molecule has 0 aliphatic carbocycles. The quantitative estimate of drug-likeness (QED) is 0.594. The smallest absolute Gasteiger partial charge is 0.302 e. The maximum Gasteiger partial charge on any atom is 0.302 e. The van der Waals surface area contributed by atoms with Gasteiger partial charge >= 0.3 is 5.97 Å². The minimum Gasteiger partial charge on any atom is -0.460 e. The van der Waals surface area contributed by atoms with E-state index in [1.165, 1.54) is 6.92 Å². The van der Waals surface area contributed by atoms with Crippen molar-refractivity contribution in [2.75, 3.05) is 13.7 Å². The standard InChI is InChI=1S/C9H18O3/c1-7(2)5-9(6-11-4)12-8(3)10/h7,9H,5-6H2,1-4H3. The molecule has 0 aromatic carbocycles. The molecular weight excluding hydrogens is 156 g/mol. The molecule has 0 radical (unpaired) electrons. The van der Waals surface area contributed by atoms with Crippen LogP contribution < -0.4 is 0 Å². The molecule has 72 valence electrons. The maximum absolute atomic E-state index is 10.6. The summed E-state index contributed by atoms with van der Waals surface area (Å²) in [5, 5.41) is 0. The number of hydrogen-bond donors (Lipinski definition) is 0. The van der Waals surface area contributed by atoms with E-state index in [2.05, 4.69) is 13.8 Å². The monoisotopic (exact) mass is 174 g/mol. The lowest BCUT2D eigenvalue weighted by atomic mass is 10.1. The highest BCUT2D eigenvalue weighted by molar-refractivity contribution is 5.66. The Balaban J connectivity index is 3.77. The van der Waals surface area contributed by atoms with Gasteiger partial charge in [0.25, 0.3) is 0 Å². The van der Waals surface area contributed by atoms with Gasteiger partial charge < -0.3 is 9.47 Å². The molecule has 0 rings (SSSR count). The van der Waals surface area contributed by atoms with E-state index in [9.17, 15) is 4.79 Å². The highest BCUT2D eigenvalue weighted by Gasteiger charge is 2.13. The van der Waals surface area contributed by atoms with Crippen molar-refractivity contribution in [3.63, 3.8) is 0 Å². The zero-order valence-corrected chi connectivity index (χ0v) is 8.29. The maximum atomic E-state index is 10.6. The Bertz CT molecular complexity index is 132. The van der Waals surface area contributed by atoms with Crippen molar-refractivity contribution in [3.8, 4) is 0 Å². The van der Waals surface area contributed by atoms with Crippen LogP contribution in [0.4, 0.5) is 0 Å². The summed E-state index contributed by atoms with van der Waals surface area (Å²) in [4.78, 5) is 10.6. The average molecular weight is 174 g/mol. The van der Waals surface area contributed by atoms with Crippen LogP contribution in [-0.4, -0.2) is 25.8 Å². The summed E-state index contributed by atoms with van der Waals surface area (Å²) >= 11 is 0. The predicted octanol–water partition coefficient (Wildman–Crippen LogP) is 1.61. The van der Waals surface area contributed by atoms with E-state index < -0.39 is 0 Å². The minimum atomic E-state index is -0.238. The van der Waals surface area contributed by atoms with Crippen LogP contribution in [0.1, 0.15) is 27.2 Å². The molecule has 12 heavy (non-hydrogen) atoms. The fourth-order valence-corrected chi connectivity index (χ4v) is 1.10. The summed E-state index contributed by atoms with van der Waals surface area (Å²) in [6.45, 7) is 6.08. The average Bonchev–Trinajstić information content (AvgIpc) is 1.84. The lowest BCUT2D eigenvalue weighted by Crippen LogP contribution is -2.23. The molecule has 0 fully saturated rings. The first-order valence-corrected chi connectivity index (χ1v) is 4.22. The first-order chi connectivity index (χ1) is 5.56. The van der Waals surface area contributed by atoms with Gasteiger partial charge in [-0.1, -0.05) is 13.8 Å². The third-order valence-electron chi connectivity index (χ3n) is 1.42. The Labute approximate surface area is 74.0 Å². The van der Waals surface area contributed by atoms with E-state index in [1.807, 2.05) is 0 Å². The number of rotatable bonds is 5. The summed E-state index contributed by atoms with van der Waals surface area (Å²) in [6, 6.07) is 0. The van der Waals surface area contributed by atoms with Crippen molar-refractivity contribution in [3.05, 3.63) is 0 Å². The van der Waals surface area contributed by atoms with E-state index in [0.29, 0.717) is 12.5 Å². The Hall–Kier alpha value is -0.570. The number of carbonyl (C=O) groups excluding carboxylic acids is 1. The third-order valence-corrected chi connectivity index (χ3v) is 1.42. The molecule has 0 saturated carbocycles. The summed E-state index contributed by atoms with van der Waals surface area (Å²) in [6.07, 6.45) is 0.764. The van der Waals surface area contributed by atoms with Gasteiger partial charge in [-0.05, 0) is 12.3 Å². The Kier molecular flexibility index (Phi) is 5.72. The lowest BCUT2D eigenvalue weighted by molar-refractivity contribution is -0.149. The van der Waals surface area contributed by atoms with Crippen molar-refractivity contribution in [2.24, 2.45) is 5.92 Å². The van der Waals surface area contributed by atoms with Crippen LogP contribution in [0.2, 0.25) is 0 Å². The molecule has 0 saturated heterocycles. The Morgan fingerprint density at radius 2 is 2.00 bits per heavy atom. The van der Waals surface area contributed by atoms with Gasteiger partial charge in [-0.25, -0.2) is 0 Å². The van der Waals surface area contributed by atoms with Gasteiger partial charge in [0, 0.05) is 14.0 Å². The van der Waals surface area contributed by atoms with Gasteiger partial charge in [0.15, 0.2) is 0 Å². The highest BCUT2D eigenvalue weighted by Crippen LogP contribution is 2.08. The van der Waals surface area contributed by atoms with Gasteiger partial charge in [0.2, 0.25) is 0 Å².